The van der Waals surface area contributed by atoms with E-state index < -0.39 is 34.7 Å². The number of hydrogen-bond acceptors (Lipinski definition) is 9. The Balaban J connectivity index is 2.70. The number of methoxy groups -OCH3 is 1. The number of nitro benzene ring substituents is 1. The van der Waals surface area contributed by atoms with E-state index in [1.165, 1.54) is 31.4 Å². The average molecular weight is 432 g/mol. The molecule has 1 aliphatic rings. The van der Waals surface area contributed by atoms with Crippen molar-refractivity contribution in [3.8, 4) is 0 Å². The number of hydrogen-bond donors (Lipinski definition) is 0. The third-order valence-corrected chi connectivity index (χ3v) is 4.75. The van der Waals surface area contributed by atoms with Crippen molar-refractivity contribution in [2.45, 2.75) is 33.1 Å². The van der Waals surface area contributed by atoms with E-state index in [-0.39, 0.29) is 36.6 Å². The van der Waals surface area contributed by atoms with Gasteiger partial charge in [0.25, 0.3) is 5.69 Å². The third kappa shape index (κ3) is 5.33. The largest absolute Gasteiger partial charge is 0.468 e. The fourth-order valence-electron chi connectivity index (χ4n) is 3.46. The van der Waals surface area contributed by atoms with Crippen LogP contribution in [0.1, 0.15) is 38.7 Å². The van der Waals surface area contributed by atoms with E-state index in [1.807, 2.05) is 0 Å². The van der Waals surface area contributed by atoms with Crippen molar-refractivity contribution in [2.75, 3.05) is 20.3 Å². The van der Waals surface area contributed by atoms with Gasteiger partial charge in [0.1, 0.15) is 5.92 Å². The van der Waals surface area contributed by atoms with E-state index in [0.29, 0.717) is 11.3 Å². The van der Waals surface area contributed by atoms with Crippen LogP contribution in [0, 0.1) is 16.0 Å². The monoisotopic (exact) mass is 432 g/mol. The molecule has 0 fully saturated rings. The van der Waals surface area contributed by atoms with Crippen LogP contribution in [0.4, 0.5) is 5.69 Å². The number of non-ortho nitro benzene ring substituents is 1. The fraction of sp³-hybridized carbons (Fsp3) is 0.429. The van der Waals surface area contributed by atoms with Gasteiger partial charge in [-0.05, 0) is 26.3 Å². The topological polar surface area (TPSA) is 134 Å². The van der Waals surface area contributed by atoms with Gasteiger partial charge in [-0.1, -0.05) is 12.1 Å². The molecule has 0 aromatic heterocycles. The first kappa shape index (κ1) is 23.7. The van der Waals surface area contributed by atoms with Crippen LogP contribution in [0.3, 0.4) is 0 Å². The quantitative estimate of drug-likeness (QED) is 0.265. The van der Waals surface area contributed by atoms with Gasteiger partial charge in [0.2, 0.25) is 0 Å². The summed E-state index contributed by atoms with van der Waals surface area (Å²) in [4.78, 5) is 52.5. The molecule has 0 saturated heterocycles. The second kappa shape index (κ2) is 10.5. The lowest BCUT2D eigenvalue weighted by Crippen LogP contribution is -2.36. The van der Waals surface area contributed by atoms with E-state index in [0.717, 1.165) is 0 Å². The summed E-state index contributed by atoms with van der Waals surface area (Å²) in [6.07, 6.45) is -0.295. The van der Waals surface area contributed by atoms with Crippen LogP contribution in [-0.4, -0.2) is 48.9 Å². The average Bonchev–Trinajstić information content (AvgIpc) is 2.73. The van der Waals surface area contributed by atoms with E-state index >= 15 is 0 Å². The number of ether oxygens (including phenoxy) is 3. The molecule has 0 bridgehead atoms. The normalized spacial score (nSPS) is 18.1. The maximum absolute atomic E-state index is 12.9. The number of nitrogens with zero attached hydrogens (tertiary/aromatic N) is 2. The molecule has 2 unspecified atom stereocenters. The van der Waals surface area contributed by atoms with Crippen molar-refractivity contribution in [3.05, 3.63) is 51.2 Å². The maximum Gasteiger partial charge on any atom is 0.336 e. The molecule has 31 heavy (non-hydrogen) atoms. The number of carbonyl (C=O) groups excluding carboxylic acids is 3. The summed E-state index contributed by atoms with van der Waals surface area (Å²) in [6.45, 7) is 5.08. The Hall–Kier alpha value is -3.56. The van der Waals surface area contributed by atoms with Gasteiger partial charge < -0.3 is 14.2 Å². The highest BCUT2D eigenvalue weighted by molar-refractivity contribution is 6.07. The van der Waals surface area contributed by atoms with Gasteiger partial charge in [0, 0.05) is 23.8 Å². The van der Waals surface area contributed by atoms with E-state index in [1.54, 1.807) is 20.8 Å². The van der Waals surface area contributed by atoms with Gasteiger partial charge in [-0.25, -0.2) is 4.79 Å². The molecular weight excluding hydrogens is 408 g/mol. The summed E-state index contributed by atoms with van der Waals surface area (Å²) >= 11 is 0. The van der Waals surface area contributed by atoms with Crippen LogP contribution in [-0.2, 0) is 28.6 Å². The van der Waals surface area contributed by atoms with E-state index in [4.69, 9.17) is 14.2 Å². The number of carbonyl (C=O) groups is 3. The first-order valence-corrected chi connectivity index (χ1v) is 9.68. The highest BCUT2D eigenvalue weighted by atomic mass is 16.6. The van der Waals surface area contributed by atoms with Crippen molar-refractivity contribution in [2.24, 2.45) is 10.9 Å². The molecule has 1 aromatic rings. The van der Waals surface area contributed by atoms with Gasteiger partial charge in [-0.3, -0.25) is 24.7 Å². The van der Waals surface area contributed by atoms with Crippen LogP contribution in [0.15, 0.2) is 40.5 Å². The lowest BCUT2D eigenvalue weighted by Gasteiger charge is -2.31. The molecule has 0 aliphatic carbocycles. The minimum absolute atomic E-state index is 0.0183. The molecule has 10 nitrogen and oxygen atoms in total. The molecule has 0 amide bonds. The number of rotatable bonds is 8. The summed E-state index contributed by atoms with van der Waals surface area (Å²) in [6, 6.07) is 5.47. The predicted molar refractivity (Wildman–Crippen MR) is 109 cm³/mol. The summed E-state index contributed by atoms with van der Waals surface area (Å²) < 4.78 is 15.1. The van der Waals surface area contributed by atoms with Crippen molar-refractivity contribution in [1.29, 1.82) is 0 Å². The summed E-state index contributed by atoms with van der Waals surface area (Å²) in [5.41, 5.74) is 0.776. The van der Waals surface area contributed by atoms with Crippen LogP contribution in [0.5, 0.6) is 0 Å². The molecule has 10 heteroatoms. The summed E-state index contributed by atoms with van der Waals surface area (Å²) in [5, 5.41) is 11.0. The minimum atomic E-state index is -0.975. The Morgan fingerprint density at radius 2 is 1.71 bits per heavy atom. The second-order valence-electron chi connectivity index (χ2n) is 6.64. The zero-order valence-corrected chi connectivity index (χ0v) is 17.7. The molecule has 0 radical (unpaired) electrons. The van der Waals surface area contributed by atoms with Crippen LogP contribution in [0.25, 0.3) is 0 Å². The smallest absolute Gasteiger partial charge is 0.336 e. The lowest BCUT2D eigenvalue weighted by molar-refractivity contribution is -0.384. The zero-order chi connectivity index (χ0) is 23.1. The fourth-order valence-corrected chi connectivity index (χ4v) is 3.46. The highest BCUT2D eigenvalue weighted by Gasteiger charge is 2.43. The number of esters is 3. The van der Waals surface area contributed by atoms with Gasteiger partial charge in [0.05, 0.1) is 42.9 Å². The van der Waals surface area contributed by atoms with Crippen molar-refractivity contribution >= 4 is 29.3 Å². The molecule has 0 N–H and O–H groups in total. The van der Waals surface area contributed by atoms with Crippen molar-refractivity contribution in [3.63, 3.8) is 0 Å². The molecule has 2 rings (SSSR count). The SMILES string of the molecule is CCOC(=O)CC1=C(C(=O)OCC)C(c2ccc([N+](=O)[O-])cc2)C(C(=O)OC)C(C)=N1. The highest BCUT2D eigenvalue weighted by Crippen LogP contribution is 2.41. The minimum Gasteiger partial charge on any atom is -0.468 e. The number of aliphatic imine (C=N–C) groups is 1. The van der Waals surface area contributed by atoms with Gasteiger partial charge in [-0.2, -0.15) is 0 Å². The molecule has 0 saturated carbocycles. The lowest BCUT2D eigenvalue weighted by atomic mass is 9.75. The van der Waals surface area contributed by atoms with Crippen LogP contribution in [0.2, 0.25) is 0 Å². The Bertz CT molecular complexity index is 933. The molecule has 1 aromatic carbocycles. The molecular formula is C21H24N2O8. The Morgan fingerprint density at radius 1 is 1.10 bits per heavy atom. The van der Waals surface area contributed by atoms with Crippen molar-refractivity contribution in [1.82, 2.24) is 0 Å². The van der Waals surface area contributed by atoms with Gasteiger partial charge in [0.15, 0.2) is 0 Å². The van der Waals surface area contributed by atoms with Crippen molar-refractivity contribution < 1.29 is 33.5 Å². The third-order valence-electron chi connectivity index (χ3n) is 4.75. The summed E-state index contributed by atoms with van der Waals surface area (Å²) in [7, 11) is 1.21. The Labute approximate surface area is 179 Å². The molecule has 1 aliphatic heterocycles. The first-order valence-electron chi connectivity index (χ1n) is 9.68. The molecule has 2 atom stereocenters. The zero-order valence-electron chi connectivity index (χ0n) is 17.7. The predicted octanol–water partition coefficient (Wildman–Crippen LogP) is 2.71. The summed E-state index contributed by atoms with van der Waals surface area (Å²) in [5.74, 6) is -3.85. The standard InChI is InChI=1S/C21H24N2O8/c1-5-30-16(24)11-15-19(21(26)31-6-2)18(17(12(3)22-15)20(25)29-4)13-7-9-14(10-8-13)23(27)28/h7-10,17-18H,5-6,11H2,1-4H3. The Kier molecular flexibility index (Phi) is 8.00. The maximum atomic E-state index is 12.9. The van der Waals surface area contributed by atoms with Gasteiger partial charge in [-0.15, -0.1) is 0 Å². The van der Waals surface area contributed by atoms with Gasteiger partial charge >= 0.3 is 17.9 Å². The van der Waals surface area contributed by atoms with E-state index in [9.17, 15) is 24.5 Å². The molecule has 166 valence electrons. The molecule has 0 spiro atoms. The Morgan fingerprint density at radius 3 is 2.23 bits per heavy atom. The second-order valence-corrected chi connectivity index (χ2v) is 6.64. The van der Waals surface area contributed by atoms with Crippen LogP contribution < -0.4 is 0 Å². The first-order chi connectivity index (χ1) is 14.7. The molecule has 1 heterocycles. The van der Waals surface area contributed by atoms with Crippen LogP contribution >= 0.6 is 0 Å². The number of nitro groups is 1. The number of benzene rings is 1. The van der Waals surface area contributed by atoms with E-state index in [2.05, 4.69) is 4.99 Å².